The second kappa shape index (κ2) is 7.39. The Labute approximate surface area is 168 Å². The minimum atomic E-state index is -0.0802. The lowest BCUT2D eigenvalue weighted by atomic mass is 10.1. The highest BCUT2D eigenvalue weighted by Crippen LogP contribution is 2.27. The smallest absolute Gasteiger partial charge is 0.253 e. The van der Waals surface area contributed by atoms with Crippen molar-refractivity contribution in [3.8, 4) is 5.95 Å². The first-order valence-corrected chi connectivity index (χ1v) is 9.80. The zero-order valence-electron chi connectivity index (χ0n) is 16.0. The van der Waals surface area contributed by atoms with Crippen molar-refractivity contribution < 1.29 is 4.79 Å². The van der Waals surface area contributed by atoms with Gasteiger partial charge in [-0.1, -0.05) is 36.4 Å². The molecule has 1 N–H and O–H groups in total. The average Bonchev–Trinajstić information content (AvgIpc) is 3.36. The number of rotatable bonds is 5. The summed E-state index contributed by atoms with van der Waals surface area (Å²) in [6, 6.07) is 18.1. The largest absolute Gasteiger partial charge is 0.369 e. The van der Waals surface area contributed by atoms with Crippen molar-refractivity contribution in [3.63, 3.8) is 0 Å². The summed E-state index contributed by atoms with van der Waals surface area (Å²) < 4.78 is 1.86. The zero-order valence-corrected chi connectivity index (χ0v) is 16.0. The van der Waals surface area contributed by atoms with Crippen LogP contribution >= 0.6 is 0 Å². The monoisotopic (exact) mass is 383 g/mol. The van der Waals surface area contributed by atoms with Gasteiger partial charge in [-0.25, -0.2) is 9.97 Å². The Hall–Kier alpha value is -3.67. The third kappa shape index (κ3) is 3.23. The van der Waals surface area contributed by atoms with Gasteiger partial charge < -0.3 is 10.2 Å². The molecule has 0 unspecified atom stereocenters. The first kappa shape index (κ1) is 17.4. The van der Waals surface area contributed by atoms with E-state index in [0.29, 0.717) is 18.1 Å². The van der Waals surface area contributed by atoms with Crippen LogP contribution in [0.1, 0.15) is 15.9 Å². The van der Waals surface area contributed by atoms with Gasteiger partial charge >= 0.3 is 0 Å². The topological polar surface area (TPSA) is 63.1 Å². The molecule has 0 bridgehead atoms. The molecule has 2 aromatic carbocycles. The van der Waals surface area contributed by atoms with Crippen LogP contribution in [0, 0.1) is 0 Å². The first-order valence-electron chi connectivity index (χ1n) is 9.80. The predicted molar refractivity (Wildman–Crippen MR) is 114 cm³/mol. The Morgan fingerprint density at radius 3 is 2.69 bits per heavy atom. The number of anilines is 1. The summed E-state index contributed by atoms with van der Waals surface area (Å²) in [7, 11) is 0. The molecule has 0 saturated heterocycles. The van der Waals surface area contributed by atoms with Crippen molar-refractivity contribution in [2.75, 3.05) is 24.5 Å². The number of nitrogens with one attached hydrogen (secondary N) is 1. The van der Waals surface area contributed by atoms with Gasteiger partial charge in [0.05, 0.1) is 11.1 Å². The highest BCUT2D eigenvalue weighted by Gasteiger charge is 2.19. The summed E-state index contributed by atoms with van der Waals surface area (Å²) in [6.45, 7) is 2.39. The maximum Gasteiger partial charge on any atom is 0.253 e. The summed E-state index contributed by atoms with van der Waals surface area (Å²) in [6.07, 6.45) is 6.28. The lowest BCUT2D eigenvalue weighted by Gasteiger charge is -2.19. The van der Waals surface area contributed by atoms with Crippen molar-refractivity contribution in [2.45, 2.75) is 6.42 Å². The third-order valence-corrected chi connectivity index (χ3v) is 5.37. The summed E-state index contributed by atoms with van der Waals surface area (Å²) in [4.78, 5) is 23.9. The van der Waals surface area contributed by atoms with Crippen LogP contribution in [-0.2, 0) is 6.42 Å². The first-order chi connectivity index (χ1) is 14.3. The number of para-hydroxylation sites is 2. The van der Waals surface area contributed by atoms with Crippen LogP contribution < -0.4 is 10.2 Å². The molecule has 144 valence electrons. The molecule has 0 radical (unpaired) electrons. The van der Waals surface area contributed by atoms with Crippen molar-refractivity contribution in [3.05, 3.63) is 84.3 Å². The molecule has 5 rings (SSSR count). The molecule has 0 aliphatic carbocycles. The Bertz CT molecular complexity index is 1170. The van der Waals surface area contributed by atoms with E-state index in [2.05, 4.69) is 44.5 Å². The van der Waals surface area contributed by atoms with Gasteiger partial charge in [-0.2, -0.15) is 0 Å². The van der Waals surface area contributed by atoms with E-state index in [1.807, 2.05) is 35.0 Å². The molecule has 0 saturated carbocycles. The van der Waals surface area contributed by atoms with E-state index in [1.165, 1.54) is 11.3 Å². The van der Waals surface area contributed by atoms with E-state index >= 15 is 0 Å². The van der Waals surface area contributed by atoms with Crippen LogP contribution in [0.15, 0.2) is 73.2 Å². The number of carbonyl (C=O) groups is 1. The predicted octanol–water partition coefficient (Wildman–Crippen LogP) is 3.21. The molecule has 4 aromatic rings. The Kier molecular flexibility index (Phi) is 4.44. The normalized spacial score (nSPS) is 12.9. The molecule has 3 heterocycles. The molecule has 1 aliphatic rings. The van der Waals surface area contributed by atoms with Crippen LogP contribution in [0.4, 0.5) is 5.69 Å². The maximum absolute atomic E-state index is 12.9. The van der Waals surface area contributed by atoms with Gasteiger partial charge in [-0.3, -0.25) is 9.36 Å². The molecule has 2 aromatic heterocycles. The zero-order chi connectivity index (χ0) is 19.6. The summed E-state index contributed by atoms with van der Waals surface area (Å²) in [5.41, 5.74) is 4.21. The molecule has 0 spiro atoms. The van der Waals surface area contributed by atoms with E-state index in [9.17, 15) is 4.79 Å². The second-order valence-electron chi connectivity index (χ2n) is 7.10. The fourth-order valence-electron chi connectivity index (χ4n) is 3.98. The third-order valence-electron chi connectivity index (χ3n) is 5.37. The van der Waals surface area contributed by atoms with Crippen LogP contribution in [0.3, 0.4) is 0 Å². The summed E-state index contributed by atoms with van der Waals surface area (Å²) in [5, 5.41) is 3.97. The van der Waals surface area contributed by atoms with Crippen LogP contribution in [0.25, 0.3) is 16.9 Å². The number of carbonyl (C=O) groups excluding carboxylic acids is 1. The summed E-state index contributed by atoms with van der Waals surface area (Å²) >= 11 is 0. The number of nitrogens with zero attached hydrogens (tertiary/aromatic N) is 4. The molecule has 29 heavy (non-hydrogen) atoms. The maximum atomic E-state index is 12.9. The molecule has 1 amide bonds. The number of aromatic nitrogens is 3. The fourth-order valence-corrected chi connectivity index (χ4v) is 3.98. The van der Waals surface area contributed by atoms with Gasteiger partial charge in [-0.15, -0.1) is 0 Å². The van der Waals surface area contributed by atoms with Crippen molar-refractivity contribution >= 4 is 22.5 Å². The number of hydrogen-bond acceptors (Lipinski definition) is 4. The number of amides is 1. The van der Waals surface area contributed by atoms with Gasteiger partial charge in [0.2, 0.25) is 5.95 Å². The SMILES string of the molecule is O=C(NCCN1CCc2ccccc21)c1cn(-c2ncccn2)c2ccccc12. The lowest BCUT2D eigenvalue weighted by Crippen LogP contribution is -2.34. The molecule has 6 heteroatoms. The molecule has 0 fully saturated rings. The van der Waals surface area contributed by atoms with Gasteiger partial charge in [0, 0.05) is 49.3 Å². The van der Waals surface area contributed by atoms with Crippen LogP contribution in [0.5, 0.6) is 0 Å². The van der Waals surface area contributed by atoms with Crippen molar-refractivity contribution in [1.82, 2.24) is 19.9 Å². The molecular weight excluding hydrogens is 362 g/mol. The van der Waals surface area contributed by atoms with Crippen molar-refractivity contribution in [1.29, 1.82) is 0 Å². The van der Waals surface area contributed by atoms with Gasteiger partial charge in [0.25, 0.3) is 5.91 Å². The standard InChI is InChI=1S/C23H21N5O/c29-22(24-13-15-27-14-10-17-6-1-3-8-20(17)27)19-16-28(23-25-11-5-12-26-23)21-9-4-2-7-18(19)21/h1-9,11-12,16H,10,13-15H2,(H,24,29). The fraction of sp³-hybridized carbons (Fsp3) is 0.174. The molecule has 1 aliphatic heterocycles. The number of fused-ring (bicyclic) bond motifs is 2. The highest BCUT2D eigenvalue weighted by atomic mass is 16.1. The summed E-state index contributed by atoms with van der Waals surface area (Å²) in [5.74, 6) is 0.472. The van der Waals surface area contributed by atoms with Gasteiger partial charge in [-0.05, 0) is 30.2 Å². The molecular formula is C23H21N5O. The number of benzene rings is 2. The van der Waals surface area contributed by atoms with E-state index in [4.69, 9.17) is 0 Å². The Balaban J connectivity index is 1.34. The lowest BCUT2D eigenvalue weighted by molar-refractivity contribution is 0.0956. The minimum Gasteiger partial charge on any atom is -0.369 e. The van der Waals surface area contributed by atoms with E-state index in [-0.39, 0.29) is 5.91 Å². The Morgan fingerprint density at radius 2 is 1.79 bits per heavy atom. The van der Waals surface area contributed by atoms with Crippen LogP contribution in [-0.4, -0.2) is 40.1 Å². The van der Waals surface area contributed by atoms with Gasteiger partial charge in [0.15, 0.2) is 0 Å². The molecule has 6 nitrogen and oxygen atoms in total. The quantitative estimate of drug-likeness (QED) is 0.575. The van der Waals surface area contributed by atoms with Crippen LogP contribution in [0.2, 0.25) is 0 Å². The average molecular weight is 383 g/mol. The van der Waals surface area contributed by atoms with Gasteiger partial charge in [0.1, 0.15) is 0 Å². The molecule has 0 atom stereocenters. The van der Waals surface area contributed by atoms with E-state index < -0.39 is 0 Å². The van der Waals surface area contributed by atoms with Crippen molar-refractivity contribution in [2.24, 2.45) is 0 Å². The van der Waals surface area contributed by atoms with E-state index in [0.717, 1.165) is 30.4 Å². The number of hydrogen-bond donors (Lipinski definition) is 1. The highest BCUT2D eigenvalue weighted by molar-refractivity contribution is 6.07. The van der Waals surface area contributed by atoms with E-state index in [1.54, 1.807) is 18.5 Å². The minimum absolute atomic E-state index is 0.0802. The second-order valence-corrected chi connectivity index (χ2v) is 7.10. The Morgan fingerprint density at radius 1 is 1.00 bits per heavy atom.